The molecule has 0 bridgehead atoms. The number of hydrogen-bond acceptors (Lipinski definition) is 7. The summed E-state index contributed by atoms with van der Waals surface area (Å²) in [6.07, 6.45) is 0. The summed E-state index contributed by atoms with van der Waals surface area (Å²) in [4.78, 5) is 3.42. The zero-order valence-electron chi connectivity index (χ0n) is 15.3. The summed E-state index contributed by atoms with van der Waals surface area (Å²) in [5.74, 6) is -2.88. The highest BCUT2D eigenvalue weighted by atomic mass is 32.2. The minimum atomic E-state index is -4.68. The molecule has 8 nitrogen and oxygen atoms in total. The second kappa shape index (κ2) is 7.74. The fourth-order valence-corrected chi connectivity index (χ4v) is 4.27. The van der Waals surface area contributed by atoms with Gasteiger partial charge in [-0.15, -0.1) is 0 Å². The van der Waals surface area contributed by atoms with Crippen molar-refractivity contribution in [3.8, 4) is 5.69 Å². The number of piperazine rings is 1. The number of sulfone groups is 1. The second-order valence-corrected chi connectivity index (χ2v) is 8.36. The van der Waals surface area contributed by atoms with Crippen LogP contribution < -0.4 is 9.80 Å². The predicted molar refractivity (Wildman–Crippen MR) is 103 cm³/mol. The molecule has 0 N–H and O–H groups in total. The number of hydrogen-bond donors (Lipinski definition) is 0. The van der Waals surface area contributed by atoms with Crippen molar-refractivity contribution in [2.75, 3.05) is 36.0 Å². The lowest BCUT2D eigenvalue weighted by Gasteiger charge is -2.36. The van der Waals surface area contributed by atoms with Crippen LogP contribution in [0.2, 0.25) is 0 Å². The van der Waals surface area contributed by atoms with Gasteiger partial charge in [-0.2, -0.15) is 13.5 Å². The SMILES string of the molecule is O=S(=O)(c1ccccc1N1CCN(c2nnnn2-c2ccccc2)CC1)C(F)F. The Hall–Kier alpha value is -3.08. The average molecular weight is 420 g/mol. The number of anilines is 2. The molecule has 11 heteroatoms. The van der Waals surface area contributed by atoms with Crippen LogP contribution in [-0.4, -0.2) is 60.6 Å². The number of halogens is 2. The largest absolute Gasteiger partial charge is 0.367 e. The minimum Gasteiger partial charge on any atom is -0.367 e. The number of nitrogens with zero attached hydrogens (tertiary/aromatic N) is 6. The molecular formula is C18H18F2N6O2S. The number of para-hydroxylation sites is 2. The van der Waals surface area contributed by atoms with Crippen molar-refractivity contribution in [3.63, 3.8) is 0 Å². The first-order chi connectivity index (χ1) is 14.0. The molecule has 0 spiro atoms. The van der Waals surface area contributed by atoms with E-state index in [2.05, 4.69) is 15.5 Å². The lowest BCUT2D eigenvalue weighted by Crippen LogP contribution is -2.47. The third kappa shape index (κ3) is 3.65. The van der Waals surface area contributed by atoms with Crippen LogP contribution in [0.3, 0.4) is 0 Å². The summed E-state index contributed by atoms with van der Waals surface area (Å²) in [5.41, 5.74) is 1.11. The lowest BCUT2D eigenvalue weighted by molar-refractivity contribution is 0.235. The Morgan fingerprint density at radius 1 is 0.862 bits per heavy atom. The Bertz CT molecular complexity index is 1080. The highest BCUT2D eigenvalue weighted by molar-refractivity contribution is 7.91. The molecule has 3 aromatic rings. The Morgan fingerprint density at radius 3 is 2.17 bits per heavy atom. The van der Waals surface area contributed by atoms with Crippen LogP contribution in [0.1, 0.15) is 0 Å². The van der Waals surface area contributed by atoms with Crippen LogP contribution in [0.5, 0.6) is 0 Å². The van der Waals surface area contributed by atoms with Crippen molar-refractivity contribution in [1.29, 1.82) is 0 Å². The summed E-state index contributed by atoms with van der Waals surface area (Å²) in [6, 6.07) is 15.3. The molecule has 0 unspecified atom stereocenters. The summed E-state index contributed by atoms with van der Waals surface area (Å²) < 4.78 is 51.8. The molecule has 152 valence electrons. The van der Waals surface area contributed by atoms with E-state index in [9.17, 15) is 17.2 Å². The monoisotopic (exact) mass is 420 g/mol. The number of tetrazole rings is 1. The standard InChI is InChI=1S/C18H18F2N6O2S/c19-17(20)29(27,28)16-9-5-4-8-15(16)24-10-12-25(13-11-24)18-21-22-23-26(18)14-6-2-1-3-7-14/h1-9,17H,10-13H2. The van der Waals surface area contributed by atoms with Crippen molar-refractivity contribution in [3.05, 3.63) is 54.6 Å². The van der Waals surface area contributed by atoms with Crippen molar-refractivity contribution in [2.24, 2.45) is 0 Å². The summed E-state index contributed by atoms with van der Waals surface area (Å²) in [5, 5.41) is 11.9. The molecule has 1 aromatic heterocycles. The van der Waals surface area contributed by atoms with Gasteiger partial charge in [0.05, 0.1) is 16.3 Å². The molecule has 1 fully saturated rings. The van der Waals surface area contributed by atoms with Crippen LogP contribution in [-0.2, 0) is 9.84 Å². The average Bonchev–Trinajstić information content (AvgIpc) is 3.24. The first-order valence-electron chi connectivity index (χ1n) is 8.93. The maximum absolute atomic E-state index is 13.1. The molecule has 0 radical (unpaired) electrons. The highest BCUT2D eigenvalue weighted by Gasteiger charge is 2.32. The zero-order chi connectivity index (χ0) is 20.4. The quantitative estimate of drug-likeness (QED) is 0.624. The Kier molecular flexibility index (Phi) is 5.14. The Labute approximate surface area is 166 Å². The third-order valence-corrected chi connectivity index (χ3v) is 6.19. The fourth-order valence-electron chi connectivity index (χ4n) is 3.32. The van der Waals surface area contributed by atoms with E-state index in [1.165, 1.54) is 12.1 Å². The van der Waals surface area contributed by atoms with Gasteiger partial charge in [0.1, 0.15) is 0 Å². The molecular weight excluding hydrogens is 402 g/mol. The van der Waals surface area contributed by atoms with Gasteiger partial charge in [0.2, 0.25) is 15.8 Å². The molecule has 1 aliphatic rings. The number of alkyl halides is 2. The Balaban J connectivity index is 1.55. The van der Waals surface area contributed by atoms with Gasteiger partial charge in [-0.3, -0.25) is 0 Å². The number of benzene rings is 2. The predicted octanol–water partition coefficient (Wildman–Crippen LogP) is 1.99. The topological polar surface area (TPSA) is 84.2 Å². The van der Waals surface area contributed by atoms with Gasteiger partial charge in [0, 0.05) is 26.2 Å². The smallest absolute Gasteiger partial charge is 0.341 e. The second-order valence-electron chi connectivity index (χ2n) is 6.47. The van der Waals surface area contributed by atoms with E-state index in [1.807, 2.05) is 35.2 Å². The first kappa shape index (κ1) is 19.2. The maximum Gasteiger partial charge on any atom is 0.341 e. The normalized spacial score (nSPS) is 15.1. The molecule has 1 aliphatic heterocycles. The molecule has 1 saturated heterocycles. The van der Waals surface area contributed by atoms with Gasteiger partial charge < -0.3 is 9.80 Å². The van der Waals surface area contributed by atoms with Gasteiger partial charge in [0.25, 0.3) is 0 Å². The molecule has 2 aromatic carbocycles. The lowest BCUT2D eigenvalue weighted by atomic mass is 10.2. The van der Waals surface area contributed by atoms with E-state index in [4.69, 9.17) is 0 Å². The molecule has 0 saturated carbocycles. The van der Waals surface area contributed by atoms with Crippen LogP contribution in [0.4, 0.5) is 20.4 Å². The summed E-state index contributed by atoms with van der Waals surface area (Å²) in [6.45, 7) is 1.90. The van der Waals surface area contributed by atoms with E-state index in [1.54, 1.807) is 21.7 Å². The van der Waals surface area contributed by atoms with Crippen molar-refractivity contribution in [1.82, 2.24) is 20.2 Å². The van der Waals surface area contributed by atoms with Crippen LogP contribution in [0.15, 0.2) is 59.5 Å². The molecule has 29 heavy (non-hydrogen) atoms. The van der Waals surface area contributed by atoms with Gasteiger partial charge >= 0.3 is 5.76 Å². The first-order valence-corrected chi connectivity index (χ1v) is 10.5. The van der Waals surface area contributed by atoms with Gasteiger partial charge in [0.15, 0.2) is 0 Å². The van der Waals surface area contributed by atoms with Crippen molar-refractivity contribution < 1.29 is 17.2 Å². The number of rotatable bonds is 5. The maximum atomic E-state index is 13.1. The van der Waals surface area contributed by atoms with Crippen LogP contribution in [0.25, 0.3) is 5.69 Å². The minimum absolute atomic E-state index is 0.287. The van der Waals surface area contributed by atoms with E-state index in [-0.39, 0.29) is 10.6 Å². The van der Waals surface area contributed by atoms with Gasteiger partial charge in [-0.05, 0) is 34.7 Å². The van der Waals surface area contributed by atoms with Gasteiger partial charge in [-0.25, -0.2) is 8.42 Å². The van der Waals surface area contributed by atoms with E-state index >= 15 is 0 Å². The van der Waals surface area contributed by atoms with Crippen molar-refractivity contribution in [2.45, 2.75) is 10.7 Å². The van der Waals surface area contributed by atoms with Crippen LogP contribution in [0, 0.1) is 0 Å². The van der Waals surface area contributed by atoms with Gasteiger partial charge in [-0.1, -0.05) is 35.4 Å². The zero-order valence-corrected chi connectivity index (χ0v) is 16.1. The summed E-state index contributed by atoms with van der Waals surface area (Å²) in [7, 11) is -4.68. The van der Waals surface area contributed by atoms with E-state index < -0.39 is 15.6 Å². The molecule has 0 aliphatic carbocycles. The highest BCUT2D eigenvalue weighted by Crippen LogP contribution is 2.30. The summed E-state index contributed by atoms with van der Waals surface area (Å²) >= 11 is 0. The molecule has 0 amide bonds. The molecule has 4 rings (SSSR count). The molecule has 0 atom stereocenters. The van der Waals surface area contributed by atoms with E-state index in [0.29, 0.717) is 32.1 Å². The van der Waals surface area contributed by atoms with Crippen LogP contribution >= 0.6 is 0 Å². The number of aromatic nitrogens is 4. The fraction of sp³-hybridized carbons (Fsp3) is 0.278. The Morgan fingerprint density at radius 2 is 1.48 bits per heavy atom. The third-order valence-electron chi connectivity index (χ3n) is 4.76. The molecule has 2 heterocycles. The van der Waals surface area contributed by atoms with E-state index in [0.717, 1.165) is 5.69 Å². The van der Waals surface area contributed by atoms with Crippen molar-refractivity contribution >= 4 is 21.5 Å².